The largest absolute Gasteiger partial charge is 0.497 e. The Morgan fingerprint density at radius 3 is 2.62 bits per heavy atom. The van der Waals surface area contributed by atoms with Crippen molar-refractivity contribution in [3.05, 3.63) is 86.4 Å². The standard InChI is InChI=1S/C28H25BrClN5O2/c1-28(2)12-22-25(23(36)13-28)24(19-11-15-10-18(37-3)8-9-21(15)33-26(19)30)20(14-31)27(32)35(22)34-17-6-4-16(29)5-7-17/h4-11,24,34H,12-13,32H2,1-3H3. The first-order valence-electron chi connectivity index (χ1n) is 11.7. The molecule has 0 fully saturated rings. The van der Waals surface area contributed by atoms with E-state index < -0.39 is 5.92 Å². The molecule has 1 aliphatic heterocycles. The van der Waals surface area contributed by atoms with Crippen molar-refractivity contribution < 1.29 is 9.53 Å². The lowest BCUT2D eigenvalue weighted by Gasteiger charge is -2.43. The van der Waals surface area contributed by atoms with E-state index in [1.165, 1.54) is 0 Å². The molecule has 7 nitrogen and oxygen atoms in total. The number of fused-ring (bicyclic) bond motifs is 1. The van der Waals surface area contributed by atoms with Gasteiger partial charge in [-0.1, -0.05) is 41.4 Å². The van der Waals surface area contributed by atoms with Gasteiger partial charge in [0.2, 0.25) is 0 Å². The number of halogens is 2. The highest BCUT2D eigenvalue weighted by Gasteiger charge is 2.45. The molecule has 0 saturated heterocycles. The quantitative estimate of drug-likeness (QED) is 0.344. The average Bonchev–Trinajstić information content (AvgIpc) is 2.85. The number of rotatable bonds is 4. The SMILES string of the molecule is COc1ccc2nc(Cl)c(C3C(C#N)=C(N)N(Nc4ccc(Br)cc4)C4=C3C(=O)CC(C)(C)C4)cc2c1. The molecule has 1 atom stereocenters. The molecule has 0 bridgehead atoms. The summed E-state index contributed by atoms with van der Waals surface area (Å²) in [5, 5.41) is 13.0. The van der Waals surface area contributed by atoms with Crippen LogP contribution in [0.2, 0.25) is 5.15 Å². The number of nitriles is 1. The first-order chi connectivity index (χ1) is 17.6. The number of anilines is 1. The Kier molecular flexibility index (Phi) is 6.38. The number of methoxy groups -OCH3 is 1. The number of ether oxygens (including phenoxy) is 1. The lowest BCUT2D eigenvalue weighted by molar-refractivity contribution is -0.118. The fourth-order valence-corrected chi connectivity index (χ4v) is 5.60. The normalized spacial score (nSPS) is 19.1. The number of nitrogens with one attached hydrogen (secondary N) is 1. The molecule has 3 aromatic rings. The number of aromatic nitrogens is 1. The minimum atomic E-state index is -0.734. The number of allylic oxidation sites excluding steroid dienone is 3. The Morgan fingerprint density at radius 1 is 1.22 bits per heavy atom. The topological polar surface area (TPSA) is 104 Å². The molecule has 188 valence electrons. The summed E-state index contributed by atoms with van der Waals surface area (Å²) in [7, 11) is 1.59. The predicted octanol–water partition coefficient (Wildman–Crippen LogP) is 6.42. The van der Waals surface area contributed by atoms with Crippen LogP contribution >= 0.6 is 27.5 Å². The van der Waals surface area contributed by atoms with Gasteiger partial charge in [0, 0.05) is 27.4 Å². The number of nitrogens with two attached hydrogens (primary N) is 1. The molecular weight excluding hydrogens is 554 g/mol. The summed E-state index contributed by atoms with van der Waals surface area (Å²) in [5.74, 6) is 0.117. The Balaban J connectivity index is 1.72. The maximum Gasteiger partial charge on any atom is 0.162 e. The first kappa shape index (κ1) is 25.1. The second kappa shape index (κ2) is 9.40. The highest BCUT2D eigenvalue weighted by atomic mass is 79.9. The van der Waals surface area contributed by atoms with Crippen molar-refractivity contribution in [3.63, 3.8) is 0 Å². The van der Waals surface area contributed by atoms with Crippen LogP contribution in [-0.2, 0) is 4.79 Å². The molecule has 0 spiro atoms. The zero-order chi connectivity index (χ0) is 26.5. The van der Waals surface area contributed by atoms with Crippen molar-refractivity contribution >= 4 is 49.9 Å². The van der Waals surface area contributed by atoms with Crippen molar-refractivity contribution in [1.29, 1.82) is 5.26 Å². The summed E-state index contributed by atoms with van der Waals surface area (Å²) in [6, 6.07) is 17.2. The Hall–Kier alpha value is -3.54. The zero-order valence-corrected chi connectivity index (χ0v) is 22.9. The molecule has 1 aromatic heterocycles. The van der Waals surface area contributed by atoms with Crippen molar-refractivity contribution in [2.24, 2.45) is 11.1 Å². The fourth-order valence-electron chi connectivity index (χ4n) is 5.08. The van der Waals surface area contributed by atoms with E-state index in [4.69, 9.17) is 22.1 Å². The number of benzene rings is 2. The third-order valence-electron chi connectivity index (χ3n) is 6.78. The number of ketones is 1. The highest BCUT2D eigenvalue weighted by Crippen LogP contribution is 2.50. The van der Waals surface area contributed by atoms with E-state index in [2.05, 4.69) is 46.3 Å². The summed E-state index contributed by atoms with van der Waals surface area (Å²) in [6.45, 7) is 4.11. The lowest BCUT2D eigenvalue weighted by Crippen LogP contribution is -2.44. The van der Waals surface area contributed by atoms with Crippen LogP contribution in [0.3, 0.4) is 0 Å². The van der Waals surface area contributed by atoms with E-state index in [0.29, 0.717) is 35.2 Å². The summed E-state index contributed by atoms with van der Waals surface area (Å²) < 4.78 is 6.31. The van der Waals surface area contributed by atoms with Crippen LogP contribution in [0.5, 0.6) is 5.75 Å². The molecule has 1 unspecified atom stereocenters. The van der Waals surface area contributed by atoms with Gasteiger partial charge in [0.05, 0.1) is 41.6 Å². The number of hydrogen-bond donors (Lipinski definition) is 2. The van der Waals surface area contributed by atoms with Crippen LogP contribution in [0, 0.1) is 16.7 Å². The molecule has 2 aromatic carbocycles. The van der Waals surface area contributed by atoms with Crippen LogP contribution in [0.4, 0.5) is 5.69 Å². The summed E-state index contributed by atoms with van der Waals surface area (Å²) >= 11 is 10.2. The molecule has 0 saturated carbocycles. The minimum Gasteiger partial charge on any atom is -0.497 e. The Bertz CT molecular complexity index is 1540. The van der Waals surface area contributed by atoms with Crippen LogP contribution in [0.15, 0.2) is 75.7 Å². The van der Waals surface area contributed by atoms with E-state index in [-0.39, 0.29) is 27.7 Å². The van der Waals surface area contributed by atoms with Gasteiger partial charge in [0.15, 0.2) is 5.78 Å². The monoisotopic (exact) mass is 577 g/mol. The fraction of sp³-hybridized carbons (Fsp3) is 0.250. The van der Waals surface area contributed by atoms with Gasteiger partial charge in [-0.3, -0.25) is 10.2 Å². The van der Waals surface area contributed by atoms with Crippen molar-refractivity contribution in [2.75, 3.05) is 12.5 Å². The third-order valence-corrected chi connectivity index (χ3v) is 7.61. The molecule has 9 heteroatoms. The Labute approximate surface area is 228 Å². The van der Waals surface area contributed by atoms with Gasteiger partial charge in [-0.15, -0.1) is 0 Å². The lowest BCUT2D eigenvalue weighted by atomic mass is 9.69. The molecule has 5 rings (SSSR count). The first-order valence-corrected chi connectivity index (χ1v) is 12.9. The average molecular weight is 579 g/mol. The van der Waals surface area contributed by atoms with Crippen molar-refractivity contribution in [2.45, 2.75) is 32.6 Å². The van der Waals surface area contributed by atoms with Gasteiger partial charge < -0.3 is 10.5 Å². The van der Waals surface area contributed by atoms with E-state index >= 15 is 0 Å². The van der Waals surface area contributed by atoms with Gasteiger partial charge >= 0.3 is 0 Å². The number of nitrogens with zero attached hydrogens (tertiary/aromatic N) is 3. The van der Waals surface area contributed by atoms with Gasteiger partial charge in [-0.05, 0) is 60.4 Å². The van der Waals surface area contributed by atoms with E-state index in [1.54, 1.807) is 12.1 Å². The van der Waals surface area contributed by atoms with Gasteiger partial charge in [-0.25, -0.2) is 9.99 Å². The predicted molar refractivity (Wildman–Crippen MR) is 148 cm³/mol. The molecular formula is C28H25BrClN5O2. The van der Waals surface area contributed by atoms with E-state index in [0.717, 1.165) is 21.2 Å². The summed E-state index contributed by atoms with van der Waals surface area (Å²) in [6.07, 6.45) is 0.930. The van der Waals surface area contributed by atoms with Crippen LogP contribution in [-0.4, -0.2) is 22.9 Å². The number of hydrazine groups is 1. The van der Waals surface area contributed by atoms with E-state index in [9.17, 15) is 10.1 Å². The number of Topliss-reactive ketones (excluding diaryl/α,β-unsaturated/α-hetero) is 1. The zero-order valence-electron chi connectivity index (χ0n) is 20.6. The molecule has 2 aliphatic rings. The van der Waals surface area contributed by atoms with Crippen molar-refractivity contribution in [1.82, 2.24) is 9.99 Å². The molecule has 37 heavy (non-hydrogen) atoms. The van der Waals surface area contributed by atoms with Crippen LogP contribution in [0.25, 0.3) is 10.9 Å². The maximum absolute atomic E-state index is 13.7. The molecule has 3 N–H and O–H groups in total. The highest BCUT2D eigenvalue weighted by molar-refractivity contribution is 9.10. The maximum atomic E-state index is 13.7. The Morgan fingerprint density at radius 2 is 1.95 bits per heavy atom. The van der Waals surface area contributed by atoms with Crippen LogP contribution in [0.1, 0.15) is 38.2 Å². The number of carbonyl (C=O) groups is 1. The number of carbonyl (C=O) groups excluding carboxylic acids is 1. The second-order valence-electron chi connectivity index (χ2n) is 10.0. The van der Waals surface area contributed by atoms with Gasteiger partial charge in [-0.2, -0.15) is 5.26 Å². The van der Waals surface area contributed by atoms with Gasteiger partial charge in [0.25, 0.3) is 0 Å². The van der Waals surface area contributed by atoms with Crippen molar-refractivity contribution in [3.8, 4) is 11.8 Å². The number of pyridine rings is 1. The summed E-state index contributed by atoms with van der Waals surface area (Å²) in [5.41, 5.74) is 13.2. The minimum absolute atomic E-state index is 0.0408. The molecule has 0 radical (unpaired) electrons. The smallest absolute Gasteiger partial charge is 0.162 e. The molecule has 2 heterocycles. The second-order valence-corrected chi connectivity index (χ2v) is 11.3. The summed E-state index contributed by atoms with van der Waals surface area (Å²) in [4.78, 5) is 18.3. The third kappa shape index (κ3) is 4.54. The number of hydrogen-bond acceptors (Lipinski definition) is 7. The molecule has 1 aliphatic carbocycles. The van der Waals surface area contributed by atoms with Gasteiger partial charge in [0.1, 0.15) is 16.7 Å². The molecule has 0 amide bonds. The van der Waals surface area contributed by atoms with E-state index in [1.807, 2.05) is 48.5 Å². The van der Waals surface area contributed by atoms with Crippen LogP contribution < -0.4 is 15.9 Å².